The number of hydrogen-bond donors (Lipinski definition) is 1. The van der Waals surface area contributed by atoms with E-state index in [2.05, 4.69) is 20.7 Å². The Kier molecular flexibility index (Phi) is 6.75. The second-order valence-corrected chi connectivity index (χ2v) is 6.98. The second-order valence-electron chi connectivity index (χ2n) is 3.25. The predicted octanol–water partition coefficient (Wildman–Crippen LogP) is 2.19. The molecule has 0 aliphatic rings. The van der Waals surface area contributed by atoms with Crippen molar-refractivity contribution in [1.29, 1.82) is 0 Å². The summed E-state index contributed by atoms with van der Waals surface area (Å²) in [4.78, 5) is 0. The van der Waals surface area contributed by atoms with E-state index in [-0.39, 0.29) is 10.8 Å². The molecule has 1 aromatic heterocycles. The zero-order chi connectivity index (χ0) is 13.6. The number of ether oxygens (including phenoxy) is 2. The number of hydrogen-bond acceptors (Lipinski definition) is 5. The first kappa shape index (κ1) is 16.1. The van der Waals surface area contributed by atoms with Crippen LogP contribution in [0.1, 0.15) is 13.8 Å². The van der Waals surface area contributed by atoms with Gasteiger partial charge < -0.3 is 9.47 Å². The lowest BCUT2D eigenvalue weighted by molar-refractivity contribution is -0.130. The molecule has 0 radical (unpaired) electrons. The Morgan fingerprint density at radius 2 is 2.00 bits per heavy atom. The van der Waals surface area contributed by atoms with Crippen molar-refractivity contribution in [1.82, 2.24) is 4.72 Å². The Labute approximate surface area is 120 Å². The van der Waals surface area contributed by atoms with E-state index in [1.807, 2.05) is 13.8 Å². The zero-order valence-electron chi connectivity index (χ0n) is 10.2. The van der Waals surface area contributed by atoms with E-state index in [0.29, 0.717) is 17.7 Å². The molecule has 0 bridgehead atoms. The molecule has 0 aromatic carbocycles. The summed E-state index contributed by atoms with van der Waals surface area (Å²) >= 11 is 4.36. The van der Waals surface area contributed by atoms with Gasteiger partial charge in [-0.15, -0.1) is 11.3 Å². The average molecular weight is 358 g/mol. The maximum atomic E-state index is 12.0. The van der Waals surface area contributed by atoms with Gasteiger partial charge in [0.2, 0.25) is 0 Å². The number of thiophene rings is 1. The van der Waals surface area contributed by atoms with Gasteiger partial charge in [-0.1, -0.05) is 0 Å². The van der Waals surface area contributed by atoms with Gasteiger partial charge in [0.05, 0.1) is 6.54 Å². The van der Waals surface area contributed by atoms with Crippen LogP contribution in [-0.2, 0) is 19.5 Å². The van der Waals surface area contributed by atoms with Crippen LogP contribution in [0.5, 0.6) is 0 Å². The molecule has 0 fully saturated rings. The Morgan fingerprint density at radius 1 is 1.39 bits per heavy atom. The number of halogens is 1. The molecule has 0 amide bonds. The minimum Gasteiger partial charge on any atom is -0.352 e. The van der Waals surface area contributed by atoms with Crippen LogP contribution in [-0.4, -0.2) is 34.5 Å². The van der Waals surface area contributed by atoms with E-state index in [1.165, 1.54) is 0 Å². The SMILES string of the molecule is CCOC(CNS(=O)(=O)c1sccc1Br)OCC. The molecule has 1 heterocycles. The normalized spacial score (nSPS) is 12.2. The van der Waals surface area contributed by atoms with Crippen LogP contribution >= 0.6 is 27.3 Å². The fourth-order valence-corrected chi connectivity index (χ4v) is 4.65. The first-order valence-electron chi connectivity index (χ1n) is 5.47. The maximum Gasteiger partial charge on any atom is 0.251 e. The van der Waals surface area contributed by atoms with Crippen molar-refractivity contribution in [2.24, 2.45) is 0 Å². The van der Waals surface area contributed by atoms with Crippen molar-refractivity contribution < 1.29 is 17.9 Å². The van der Waals surface area contributed by atoms with Gasteiger partial charge >= 0.3 is 0 Å². The molecule has 0 aliphatic heterocycles. The van der Waals surface area contributed by atoms with Gasteiger partial charge in [-0.3, -0.25) is 0 Å². The van der Waals surface area contributed by atoms with Crippen LogP contribution < -0.4 is 4.72 Å². The third-order valence-corrected chi connectivity index (χ3v) is 6.07. The molecule has 8 heteroatoms. The van der Waals surface area contributed by atoms with E-state index in [4.69, 9.17) is 9.47 Å². The zero-order valence-corrected chi connectivity index (χ0v) is 13.4. The molecule has 1 N–H and O–H groups in total. The molecule has 0 aliphatic carbocycles. The van der Waals surface area contributed by atoms with Crippen LogP contribution in [0.3, 0.4) is 0 Å². The fourth-order valence-electron chi connectivity index (χ4n) is 1.25. The van der Waals surface area contributed by atoms with Gasteiger partial charge in [-0.25, -0.2) is 13.1 Å². The van der Waals surface area contributed by atoms with E-state index in [0.717, 1.165) is 11.3 Å². The Bertz CT molecular complexity index is 454. The highest BCUT2D eigenvalue weighted by Crippen LogP contribution is 2.27. The third-order valence-electron chi connectivity index (χ3n) is 1.97. The summed E-state index contributed by atoms with van der Waals surface area (Å²) in [6.07, 6.45) is -0.562. The smallest absolute Gasteiger partial charge is 0.251 e. The van der Waals surface area contributed by atoms with Crippen LogP contribution in [0.4, 0.5) is 0 Å². The van der Waals surface area contributed by atoms with Gasteiger partial charge in [-0.2, -0.15) is 0 Å². The number of nitrogens with one attached hydrogen (secondary N) is 1. The molecule has 5 nitrogen and oxygen atoms in total. The fraction of sp³-hybridized carbons (Fsp3) is 0.600. The molecular weight excluding hydrogens is 342 g/mol. The van der Waals surface area contributed by atoms with Crippen molar-refractivity contribution in [3.63, 3.8) is 0 Å². The van der Waals surface area contributed by atoms with Crippen molar-refractivity contribution in [2.45, 2.75) is 24.3 Å². The summed E-state index contributed by atoms with van der Waals surface area (Å²) in [7, 11) is -3.52. The Balaban J connectivity index is 2.64. The summed E-state index contributed by atoms with van der Waals surface area (Å²) in [6.45, 7) is 4.69. The lowest BCUT2D eigenvalue weighted by Gasteiger charge is -2.17. The van der Waals surface area contributed by atoms with Gasteiger partial charge in [0.1, 0.15) is 4.21 Å². The topological polar surface area (TPSA) is 64.6 Å². The van der Waals surface area contributed by atoms with Gasteiger partial charge in [0.15, 0.2) is 6.29 Å². The van der Waals surface area contributed by atoms with Crippen molar-refractivity contribution in [2.75, 3.05) is 19.8 Å². The Morgan fingerprint density at radius 3 is 2.44 bits per heavy atom. The molecule has 104 valence electrons. The second kappa shape index (κ2) is 7.56. The van der Waals surface area contributed by atoms with Crippen LogP contribution in [0, 0.1) is 0 Å². The largest absolute Gasteiger partial charge is 0.352 e. The summed E-state index contributed by atoms with van der Waals surface area (Å²) in [5, 5.41) is 1.71. The molecule has 1 aromatic rings. The van der Waals surface area contributed by atoms with E-state index in [9.17, 15) is 8.42 Å². The van der Waals surface area contributed by atoms with Crippen LogP contribution in [0.15, 0.2) is 20.1 Å². The quantitative estimate of drug-likeness (QED) is 0.724. The maximum absolute atomic E-state index is 12.0. The standard InChI is InChI=1S/C10H16BrNO4S2/c1-3-15-9(16-4-2)7-12-18(13,14)10-8(11)5-6-17-10/h5-6,9,12H,3-4,7H2,1-2H3. The minimum absolute atomic E-state index is 0.0916. The molecule has 18 heavy (non-hydrogen) atoms. The number of rotatable bonds is 8. The van der Waals surface area contributed by atoms with E-state index < -0.39 is 16.3 Å². The minimum atomic E-state index is -3.52. The summed E-state index contributed by atoms with van der Waals surface area (Å²) in [5.74, 6) is 0. The first-order valence-corrected chi connectivity index (χ1v) is 8.62. The summed E-state index contributed by atoms with van der Waals surface area (Å²) < 4.78 is 37.8. The van der Waals surface area contributed by atoms with Crippen molar-refractivity contribution in [3.05, 3.63) is 15.9 Å². The molecule has 0 atom stereocenters. The Hall–Kier alpha value is 0.01000. The predicted molar refractivity (Wildman–Crippen MR) is 74.2 cm³/mol. The molecule has 0 saturated heterocycles. The van der Waals surface area contributed by atoms with Crippen molar-refractivity contribution in [3.8, 4) is 0 Å². The summed E-state index contributed by atoms with van der Waals surface area (Å²) in [6, 6.07) is 1.70. The molecule has 0 unspecified atom stereocenters. The van der Waals surface area contributed by atoms with Crippen LogP contribution in [0.25, 0.3) is 0 Å². The van der Waals surface area contributed by atoms with Crippen molar-refractivity contribution >= 4 is 37.3 Å². The molecule has 0 saturated carbocycles. The van der Waals surface area contributed by atoms with E-state index in [1.54, 1.807) is 11.4 Å². The van der Waals surface area contributed by atoms with E-state index >= 15 is 0 Å². The number of sulfonamides is 1. The van der Waals surface area contributed by atoms with Gasteiger partial charge in [0.25, 0.3) is 10.0 Å². The molecule has 0 spiro atoms. The van der Waals surface area contributed by atoms with Crippen LogP contribution in [0.2, 0.25) is 0 Å². The summed E-state index contributed by atoms with van der Waals surface area (Å²) in [5.41, 5.74) is 0. The monoisotopic (exact) mass is 357 g/mol. The molecule has 1 rings (SSSR count). The highest BCUT2D eigenvalue weighted by Gasteiger charge is 2.20. The third kappa shape index (κ3) is 4.60. The highest BCUT2D eigenvalue weighted by molar-refractivity contribution is 9.10. The average Bonchev–Trinajstić information content (AvgIpc) is 2.74. The highest BCUT2D eigenvalue weighted by atomic mass is 79.9. The first-order chi connectivity index (χ1) is 8.51. The lowest BCUT2D eigenvalue weighted by atomic mass is 10.6. The lowest BCUT2D eigenvalue weighted by Crippen LogP contribution is -2.35. The van der Waals surface area contributed by atoms with Gasteiger partial charge in [0, 0.05) is 17.7 Å². The van der Waals surface area contributed by atoms with Gasteiger partial charge in [-0.05, 0) is 41.2 Å². The molecular formula is C10H16BrNO4S2.